The largest absolute Gasteiger partial charge is 0.491 e. The number of halogens is 1. The van der Waals surface area contributed by atoms with E-state index in [-0.39, 0.29) is 5.83 Å². The molecular weight excluding hydrogens is 369 g/mol. The van der Waals surface area contributed by atoms with Crippen LogP contribution in [0.1, 0.15) is 31.2 Å². The molecule has 0 spiro atoms. The maximum atomic E-state index is 13.8. The summed E-state index contributed by atoms with van der Waals surface area (Å²) < 4.78 is 30.7. The molecule has 3 aliphatic heterocycles. The Morgan fingerprint density at radius 1 is 1.00 bits per heavy atom. The second-order valence-electron chi connectivity index (χ2n) is 7.52. The van der Waals surface area contributed by atoms with Gasteiger partial charge in [0.15, 0.2) is 0 Å². The Bertz CT molecular complexity index is 804. The average Bonchev–Trinajstić information content (AvgIpc) is 2.97. The fourth-order valence-corrected chi connectivity index (χ4v) is 3.77. The molecule has 0 radical (unpaired) electrons. The van der Waals surface area contributed by atoms with Gasteiger partial charge in [0, 0.05) is 37.4 Å². The van der Waals surface area contributed by atoms with E-state index in [2.05, 4.69) is 12.2 Å². The zero-order chi connectivity index (χ0) is 19.9. The topological polar surface area (TPSA) is 30.9 Å². The highest BCUT2D eigenvalue weighted by Crippen LogP contribution is 2.32. The van der Waals surface area contributed by atoms with E-state index in [0.717, 1.165) is 68.2 Å². The quantitative estimate of drug-likeness (QED) is 0.591. The summed E-state index contributed by atoms with van der Waals surface area (Å²) in [7, 11) is 0. The van der Waals surface area contributed by atoms with Crippen molar-refractivity contribution in [1.29, 1.82) is 0 Å². The molecule has 0 aliphatic carbocycles. The van der Waals surface area contributed by atoms with Crippen molar-refractivity contribution in [3.63, 3.8) is 0 Å². The van der Waals surface area contributed by atoms with E-state index >= 15 is 0 Å². The predicted octanol–water partition coefficient (Wildman–Crippen LogP) is 5.21. The third-order valence-electron chi connectivity index (χ3n) is 5.40. The minimum absolute atomic E-state index is 0.240. The van der Waals surface area contributed by atoms with Gasteiger partial charge in [-0.25, -0.2) is 4.39 Å². The van der Waals surface area contributed by atoms with E-state index in [4.69, 9.17) is 14.2 Å². The highest BCUT2D eigenvalue weighted by Gasteiger charge is 2.18. The molecule has 0 aromatic heterocycles. The van der Waals surface area contributed by atoms with E-state index in [1.807, 2.05) is 35.2 Å². The van der Waals surface area contributed by atoms with Gasteiger partial charge in [-0.2, -0.15) is 0 Å². The van der Waals surface area contributed by atoms with Gasteiger partial charge < -0.3 is 19.1 Å². The summed E-state index contributed by atoms with van der Waals surface area (Å²) >= 11 is 0. The van der Waals surface area contributed by atoms with E-state index in [1.54, 1.807) is 6.20 Å². The highest BCUT2D eigenvalue weighted by molar-refractivity contribution is 5.69. The maximum absolute atomic E-state index is 13.8. The standard InChI is InChI=1S/C24H28FNO3/c25-21-7-8-22-3-1-2-4-24(26(22)17-21)20-5-9-23(10-6-20)29-16-15-28-18-19-11-13-27-14-12-19/h3-10,17,19H,1-2,11-16,18H2. The van der Waals surface area contributed by atoms with E-state index < -0.39 is 0 Å². The van der Waals surface area contributed by atoms with Gasteiger partial charge in [0.25, 0.3) is 0 Å². The van der Waals surface area contributed by atoms with E-state index in [1.165, 1.54) is 6.08 Å². The van der Waals surface area contributed by atoms with Gasteiger partial charge in [0.05, 0.1) is 6.61 Å². The van der Waals surface area contributed by atoms with Gasteiger partial charge in [0.2, 0.25) is 0 Å². The number of fused-ring (bicyclic) bond motifs is 1. The maximum Gasteiger partial charge on any atom is 0.139 e. The molecule has 4 rings (SSSR count). The van der Waals surface area contributed by atoms with Crippen molar-refractivity contribution in [3.05, 3.63) is 71.9 Å². The molecule has 3 aliphatic rings. The van der Waals surface area contributed by atoms with Gasteiger partial charge in [-0.3, -0.25) is 0 Å². The molecule has 3 heterocycles. The molecule has 0 saturated carbocycles. The molecule has 0 amide bonds. The summed E-state index contributed by atoms with van der Waals surface area (Å²) in [6, 6.07) is 7.97. The first kappa shape index (κ1) is 19.9. The zero-order valence-electron chi connectivity index (χ0n) is 16.7. The van der Waals surface area contributed by atoms with Crippen molar-refractivity contribution in [1.82, 2.24) is 4.90 Å². The lowest BCUT2D eigenvalue weighted by molar-refractivity contribution is 0.0139. The summed E-state index contributed by atoms with van der Waals surface area (Å²) in [4.78, 5) is 1.92. The van der Waals surface area contributed by atoms with Crippen LogP contribution in [0.3, 0.4) is 0 Å². The van der Waals surface area contributed by atoms with Crippen LogP contribution in [0.5, 0.6) is 5.75 Å². The number of ether oxygens (including phenoxy) is 3. The third-order valence-corrected chi connectivity index (χ3v) is 5.40. The average molecular weight is 397 g/mol. The Balaban J connectivity index is 1.29. The van der Waals surface area contributed by atoms with Crippen molar-refractivity contribution in [3.8, 4) is 5.75 Å². The highest BCUT2D eigenvalue weighted by atomic mass is 19.1. The van der Waals surface area contributed by atoms with Crippen molar-refractivity contribution < 1.29 is 18.6 Å². The van der Waals surface area contributed by atoms with Crippen LogP contribution in [0.15, 0.2) is 66.3 Å². The normalized spacial score (nSPS) is 19.8. The van der Waals surface area contributed by atoms with Crippen LogP contribution in [-0.4, -0.2) is 37.9 Å². The van der Waals surface area contributed by atoms with E-state index in [9.17, 15) is 4.39 Å². The Kier molecular flexibility index (Phi) is 6.80. The number of nitrogens with zero attached hydrogens (tertiary/aromatic N) is 1. The Morgan fingerprint density at radius 2 is 1.79 bits per heavy atom. The fraction of sp³-hybridized carbons (Fsp3) is 0.417. The van der Waals surface area contributed by atoms with Gasteiger partial charge in [-0.1, -0.05) is 12.2 Å². The number of hydrogen-bond donors (Lipinski definition) is 0. The van der Waals surface area contributed by atoms with Crippen molar-refractivity contribution in [2.24, 2.45) is 5.92 Å². The lowest BCUT2D eigenvalue weighted by Crippen LogP contribution is -2.21. The summed E-state index contributed by atoms with van der Waals surface area (Å²) in [6.45, 7) is 3.59. The predicted molar refractivity (Wildman–Crippen MR) is 112 cm³/mol. The Labute approximate surface area is 171 Å². The van der Waals surface area contributed by atoms with Crippen LogP contribution in [0.4, 0.5) is 4.39 Å². The molecule has 1 aromatic rings. The fourth-order valence-electron chi connectivity index (χ4n) is 3.77. The summed E-state index contributed by atoms with van der Waals surface area (Å²) in [5.41, 5.74) is 3.05. The van der Waals surface area contributed by atoms with Crippen molar-refractivity contribution in [2.45, 2.75) is 25.7 Å². The molecule has 0 unspecified atom stereocenters. The summed E-state index contributed by atoms with van der Waals surface area (Å²) in [5, 5.41) is 0. The van der Waals surface area contributed by atoms with E-state index in [0.29, 0.717) is 19.1 Å². The third kappa shape index (κ3) is 5.37. The first-order chi connectivity index (χ1) is 14.3. The van der Waals surface area contributed by atoms with Crippen LogP contribution < -0.4 is 4.74 Å². The molecule has 1 fully saturated rings. The first-order valence-corrected chi connectivity index (χ1v) is 10.4. The van der Waals surface area contributed by atoms with Crippen molar-refractivity contribution in [2.75, 3.05) is 33.0 Å². The molecule has 29 heavy (non-hydrogen) atoms. The van der Waals surface area contributed by atoms with Crippen LogP contribution in [0.2, 0.25) is 0 Å². The zero-order valence-corrected chi connectivity index (χ0v) is 16.7. The monoisotopic (exact) mass is 397 g/mol. The molecular formula is C24H28FNO3. The lowest BCUT2D eigenvalue weighted by Gasteiger charge is -2.26. The van der Waals surface area contributed by atoms with Crippen LogP contribution >= 0.6 is 0 Å². The number of allylic oxidation sites excluding steroid dienone is 5. The molecule has 154 valence electrons. The molecule has 0 N–H and O–H groups in total. The molecule has 5 heteroatoms. The molecule has 1 saturated heterocycles. The van der Waals surface area contributed by atoms with Gasteiger partial charge in [-0.05, 0) is 73.6 Å². The summed E-state index contributed by atoms with van der Waals surface area (Å²) in [6.07, 6.45) is 13.2. The molecule has 0 bridgehead atoms. The SMILES string of the molecule is FC1=CN2C(=CCCC=C2c2ccc(OCCOCC3CCOCC3)cc2)C=C1. The van der Waals surface area contributed by atoms with Crippen molar-refractivity contribution >= 4 is 5.70 Å². The van der Waals surface area contributed by atoms with Gasteiger partial charge in [0.1, 0.15) is 18.2 Å². The van der Waals surface area contributed by atoms with Crippen LogP contribution in [0, 0.1) is 5.92 Å². The number of hydrogen-bond acceptors (Lipinski definition) is 4. The molecule has 1 aromatic carbocycles. The number of rotatable bonds is 7. The second-order valence-corrected chi connectivity index (χ2v) is 7.52. The van der Waals surface area contributed by atoms with Crippen LogP contribution in [0.25, 0.3) is 5.70 Å². The minimum atomic E-state index is -0.240. The van der Waals surface area contributed by atoms with Gasteiger partial charge >= 0.3 is 0 Å². The first-order valence-electron chi connectivity index (χ1n) is 10.4. The minimum Gasteiger partial charge on any atom is -0.491 e. The Hall–Kier alpha value is -2.37. The van der Waals surface area contributed by atoms with Crippen LogP contribution in [-0.2, 0) is 9.47 Å². The second kappa shape index (κ2) is 9.90. The van der Waals surface area contributed by atoms with Gasteiger partial charge in [-0.15, -0.1) is 0 Å². The molecule has 4 nitrogen and oxygen atoms in total. The smallest absolute Gasteiger partial charge is 0.139 e. The lowest BCUT2D eigenvalue weighted by atomic mass is 10.0. The molecule has 0 atom stereocenters. The Morgan fingerprint density at radius 3 is 2.62 bits per heavy atom. The number of benzene rings is 1. The summed E-state index contributed by atoms with van der Waals surface area (Å²) in [5.74, 6) is 1.18.